The first kappa shape index (κ1) is 9.79. The summed E-state index contributed by atoms with van der Waals surface area (Å²) in [6.45, 7) is 8.31. The van der Waals surface area contributed by atoms with Gasteiger partial charge in [0.1, 0.15) is 0 Å². The van der Waals surface area contributed by atoms with Gasteiger partial charge in [-0.2, -0.15) is 0 Å². The van der Waals surface area contributed by atoms with E-state index < -0.39 is 0 Å². The highest BCUT2D eigenvalue weighted by Gasteiger charge is 2.19. The summed E-state index contributed by atoms with van der Waals surface area (Å²) in [5.74, 6) is 1.08. The van der Waals surface area contributed by atoms with Crippen LogP contribution >= 0.6 is 0 Å². The summed E-state index contributed by atoms with van der Waals surface area (Å²) in [4.78, 5) is 0. The molecular formula is C11H21N. The third kappa shape index (κ3) is 4.55. The van der Waals surface area contributed by atoms with Gasteiger partial charge in [-0.3, -0.25) is 0 Å². The van der Waals surface area contributed by atoms with E-state index in [9.17, 15) is 0 Å². The zero-order chi connectivity index (χ0) is 8.81. The molecule has 1 rings (SSSR count). The van der Waals surface area contributed by atoms with Crippen molar-refractivity contribution in [3.63, 3.8) is 0 Å². The standard InChI is InChI=1S/C11H21N/c1-3-10(2)9-12-8-4-5-11-6-7-11/h11-12H,2-9H2,1H3. The Kier molecular flexibility index (Phi) is 4.37. The van der Waals surface area contributed by atoms with Gasteiger partial charge < -0.3 is 5.32 Å². The fraction of sp³-hybridized carbons (Fsp3) is 0.818. The summed E-state index contributed by atoms with van der Waals surface area (Å²) < 4.78 is 0. The van der Waals surface area contributed by atoms with E-state index in [4.69, 9.17) is 0 Å². The van der Waals surface area contributed by atoms with Crippen molar-refractivity contribution in [1.29, 1.82) is 0 Å². The second-order valence-corrected chi connectivity index (χ2v) is 3.87. The average Bonchev–Trinajstić information content (AvgIpc) is 2.87. The first-order valence-corrected chi connectivity index (χ1v) is 5.20. The molecule has 1 nitrogen and oxygen atoms in total. The number of hydrogen-bond donors (Lipinski definition) is 1. The molecule has 1 saturated carbocycles. The summed E-state index contributed by atoms with van der Waals surface area (Å²) >= 11 is 0. The van der Waals surface area contributed by atoms with Crippen LogP contribution in [0.2, 0.25) is 0 Å². The molecule has 0 aromatic carbocycles. The van der Waals surface area contributed by atoms with Gasteiger partial charge in [-0.15, -0.1) is 0 Å². The first-order valence-electron chi connectivity index (χ1n) is 5.20. The Morgan fingerprint density at radius 2 is 2.25 bits per heavy atom. The molecule has 1 aliphatic rings. The lowest BCUT2D eigenvalue weighted by Gasteiger charge is -2.04. The second-order valence-electron chi connectivity index (χ2n) is 3.87. The molecule has 1 heteroatoms. The minimum absolute atomic E-state index is 1.02. The van der Waals surface area contributed by atoms with E-state index in [1.54, 1.807) is 0 Å². The van der Waals surface area contributed by atoms with Crippen molar-refractivity contribution >= 4 is 0 Å². The summed E-state index contributed by atoms with van der Waals surface area (Å²) in [5.41, 5.74) is 1.32. The Hall–Kier alpha value is -0.300. The predicted octanol–water partition coefficient (Wildman–Crippen LogP) is 2.73. The van der Waals surface area contributed by atoms with Gasteiger partial charge in [0.15, 0.2) is 0 Å². The molecule has 0 amide bonds. The Morgan fingerprint density at radius 3 is 2.83 bits per heavy atom. The van der Waals surface area contributed by atoms with Crippen molar-refractivity contribution < 1.29 is 0 Å². The lowest BCUT2D eigenvalue weighted by atomic mass is 10.2. The predicted molar refractivity (Wildman–Crippen MR) is 54.3 cm³/mol. The normalized spacial score (nSPS) is 16.4. The molecule has 1 fully saturated rings. The number of hydrogen-bond acceptors (Lipinski definition) is 1. The van der Waals surface area contributed by atoms with Crippen molar-refractivity contribution in [2.75, 3.05) is 13.1 Å². The maximum atomic E-state index is 3.96. The summed E-state index contributed by atoms with van der Waals surface area (Å²) in [6, 6.07) is 0. The Labute approximate surface area is 76.2 Å². The fourth-order valence-corrected chi connectivity index (χ4v) is 1.31. The van der Waals surface area contributed by atoms with Crippen LogP contribution in [0.25, 0.3) is 0 Å². The van der Waals surface area contributed by atoms with Gasteiger partial charge in [0.05, 0.1) is 0 Å². The van der Waals surface area contributed by atoms with E-state index in [-0.39, 0.29) is 0 Å². The molecule has 0 aromatic heterocycles. The maximum Gasteiger partial charge on any atom is 0.0161 e. The van der Waals surface area contributed by atoms with Gasteiger partial charge in [-0.1, -0.05) is 31.9 Å². The molecule has 0 unspecified atom stereocenters. The molecule has 0 saturated heterocycles. The maximum absolute atomic E-state index is 3.96. The molecular weight excluding hydrogens is 146 g/mol. The molecule has 0 atom stereocenters. The van der Waals surface area contributed by atoms with Gasteiger partial charge in [-0.25, -0.2) is 0 Å². The Balaban J connectivity index is 1.78. The van der Waals surface area contributed by atoms with Crippen molar-refractivity contribution in [2.24, 2.45) is 5.92 Å². The highest BCUT2D eigenvalue weighted by Crippen LogP contribution is 2.33. The van der Waals surface area contributed by atoms with Crippen LogP contribution in [0.1, 0.15) is 39.0 Å². The van der Waals surface area contributed by atoms with Crippen LogP contribution in [-0.2, 0) is 0 Å². The van der Waals surface area contributed by atoms with Crippen LogP contribution in [-0.4, -0.2) is 13.1 Å². The minimum Gasteiger partial charge on any atom is -0.313 e. The zero-order valence-corrected chi connectivity index (χ0v) is 8.23. The van der Waals surface area contributed by atoms with Gasteiger partial charge >= 0.3 is 0 Å². The largest absolute Gasteiger partial charge is 0.313 e. The van der Waals surface area contributed by atoms with Crippen molar-refractivity contribution in [1.82, 2.24) is 5.32 Å². The second kappa shape index (κ2) is 5.36. The molecule has 0 aliphatic heterocycles. The first-order chi connectivity index (χ1) is 5.83. The van der Waals surface area contributed by atoms with Gasteiger partial charge in [0.2, 0.25) is 0 Å². The van der Waals surface area contributed by atoms with E-state index >= 15 is 0 Å². The van der Waals surface area contributed by atoms with Crippen molar-refractivity contribution in [3.8, 4) is 0 Å². The highest BCUT2D eigenvalue weighted by molar-refractivity contribution is 4.94. The lowest BCUT2D eigenvalue weighted by Crippen LogP contribution is -2.17. The lowest BCUT2D eigenvalue weighted by molar-refractivity contribution is 0.609. The Morgan fingerprint density at radius 1 is 1.50 bits per heavy atom. The van der Waals surface area contributed by atoms with E-state index in [2.05, 4.69) is 18.8 Å². The third-order valence-corrected chi connectivity index (χ3v) is 2.54. The zero-order valence-electron chi connectivity index (χ0n) is 8.23. The van der Waals surface area contributed by atoms with Crippen molar-refractivity contribution in [2.45, 2.75) is 39.0 Å². The summed E-state index contributed by atoms with van der Waals surface area (Å²) in [7, 11) is 0. The van der Waals surface area contributed by atoms with E-state index in [0.29, 0.717) is 0 Å². The van der Waals surface area contributed by atoms with Crippen LogP contribution in [0.4, 0.5) is 0 Å². The van der Waals surface area contributed by atoms with Crippen LogP contribution in [0, 0.1) is 5.92 Å². The molecule has 1 aliphatic carbocycles. The topological polar surface area (TPSA) is 12.0 Å². The van der Waals surface area contributed by atoms with Crippen LogP contribution < -0.4 is 5.32 Å². The molecule has 0 radical (unpaired) electrons. The SMILES string of the molecule is C=C(CC)CNCCCC1CC1. The average molecular weight is 167 g/mol. The molecule has 1 N–H and O–H groups in total. The smallest absolute Gasteiger partial charge is 0.0161 e. The third-order valence-electron chi connectivity index (χ3n) is 2.54. The quantitative estimate of drug-likeness (QED) is 0.454. The number of rotatable bonds is 7. The number of nitrogens with one attached hydrogen (secondary N) is 1. The molecule has 0 spiro atoms. The van der Waals surface area contributed by atoms with Gasteiger partial charge in [-0.05, 0) is 31.7 Å². The van der Waals surface area contributed by atoms with Gasteiger partial charge in [0.25, 0.3) is 0 Å². The van der Waals surface area contributed by atoms with E-state index in [1.165, 1.54) is 37.8 Å². The molecule has 0 heterocycles. The van der Waals surface area contributed by atoms with Crippen molar-refractivity contribution in [3.05, 3.63) is 12.2 Å². The van der Waals surface area contributed by atoms with Gasteiger partial charge in [0, 0.05) is 6.54 Å². The Bertz CT molecular complexity index is 136. The van der Waals surface area contributed by atoms with E-state index in [0.717, 1.165) is 18.9 Å². The molecule has 70 valence electrons. The molecule has 0 bridgehead atoms. The molecule has 0 aromatic rings. The highest BCUT2D eigenvalue weighted by atomic mass is 14.8. The van der Waals surface area contributed by atoms with Crippen LogP contribution in [0.3, 0.4) is 0 Å². The van der Waals surface area contributed by atoms with E-state index in [1.807, 2.05) is 0 Å². The van der Waals surface area contributed by atoms with Crippen LogP contribution in [0.15, 0.2) is 12.2 Å². The minimum atomic E-state index is 1.02. The monoisotopic (exact) mass is 167 g/mol. The molecule has 12 heavy (non-hydrogen) atoms. The van der Waals surface area contributed by atoms with Crippen LogP contribution in [0.5, 0.6) is 0 Å². The summed E-state index contributed by atoms with van der Waals surface area (Å²) in [5, 5.41) is 3.42. The summed E-state index contributed by atoms with van der Waals surface area (Å²) in [6.07, 6.45) is 6.87. The fourth-order valence-electron chi connectivity index (χ4n) is 1.31.